The number of nitrogens with zero attached hydrogens (tertiary/aromatic N) is 2. The maximum atomic E-state index is 9.30. The number of nitrogens with two attached hydrogens (primary N) is 1. The van der Waals surface area contributed by atoms with E-state index in [1.165, 1.54) is 0 Å². The molecule has 0 aliphatic heterocycles. The van der Waals surface area contributed by atoms with Gasteiger partial charge >= 0.3 is 0 Å². The highest BCUT2D eigenvalue weighted by atomic mass is 32.1. The van der Waals surface area contributed by atoms with E-state index in [1.807, 2.05) is 17.5 Å². The molecule has 0 saturated heterocycles. The molecule has 6 heteroatoms. The minimum atomic E-state index is -0.644. The van der Waals surface area contributed by atoms with Gasteiger partial charge in [-0.15, -0.1) is 11.3 Å². The number of hydrogen-bond donors (Lipinski definition) is 3. The summed E-state index contributed by atoms with van der Waals surface area (Å²) in [5.41, 5.74) is 5.72. The predicted octanol–water partition coefficient (Wildman–Crippen LogP) is 0.914. The van der Waals surface area contributed by atoms with Crippen molar-refractivity contribution in [3.8, 4) is 10.7 Å². The summed E-state index contributed by atoms with van der Waals surface area (Å²) in [5.74, 6) is 1.13. The molecule has 0 radical (unpaired) electrons. The fourth-order valence-corrected chi connectivity index (χ4v) is 1.83. The van der Waals surface area contributed by atoms with E-state index in [2.05, 4.69) is 15.2 Å². The molecule has 2 unspecified atom stereocenters. The van der Waals surface area contributed by atoms with Crippen molar-refractivity contribution in [2.45, 2.75) is 19.1 Å². The topological polar surface area (TPSA) is 87.8 Å². The maximum absolute atomic E-state index is 9.30. The standard InChI is InChI=1S/C9H12N4OS/c1-5(14)7(10)9-11-8(12-13-9)6-3-2-4-15-6/h2-5,7,14H,10H2,1H3,(H,11,12,13). The van der Waals surface area contributed by atoms with Gasteiger partial charge in [-0.2, -0.15) is 5.10 Å². The molecule has 0 aliphatic carbocycles. The van der Waals surface area contributed by atoms with Crippen molar-refractivity contribution in [1.29, 1.82) is 0 Å². The SMILES string of the molecule is CC(O)C(N)c1nc(-c2cccs2)n[nH]1. The molecular weight excluding hydrogens is 212 g/mol. The van der Waals surface area contributed by atoms with Gasteiger partial charge in [0.05, 0.1) is 17.0 Å². The van der Waals surface area contributed by atoms with Gasteiger partial charge in [0.15, 0.2) is 5.82 Å². The molecule has 0 saturated carbocycles. The Morgan fingerprint density at radius 3 is 3.00 bits per heavy atom. The van der Waals surface area contributed by atoms with Crippen molar-refractivity contribution in [1.82, 2.24) is 15.2 Å². The van der Waals surface area contributed by atoms with E-state index in [-0.39, 0.29) is 0 Å². The summed E-state index contributed by atoms with van der Waals surface area (Å²) in [5, 5.41) is 18.0. The fraction of sp³-hybridized carbons (Fsp3) is 0.333. The van der Waals surface area contributed by atoms with Gasteiger partial charge in [0, 0.05) is 0 Å². The Hall–Kier alpha value is -1.24. The first-order valence-electron chi connectivity index (χ1n) is 4.58. The molecule has 2 heterocycles. The van der Waals surface area contributed by atoms with Crippen LogP contribution in [0, 0.1) is 0 Å². The van der Waals surface area contributed by atoms with Crippen LogP contribution in [0.25, 0.3) is 10.7 Å². The van der Waals surface area contributed by atoms with Gasteiger partial charge < -0.3 is 10.8 Å². The number of aromatic amines is 1. The number of hydrogen-bond acceptors (Lipinski definition) is 5. The number of H-pyrrole nitrogens is 1. The Balaban J connectivity index is 2.25. The number of rotatable bonds is 3. The van der Waals surface area contributed by atoms with Crippen LogP contribution in [-0.2, 0) is 0 Å². The quantitative estimate of drug-likeness (QED) is 0.723. The van der Waals surface area contributed by atoms with Crippen LogP contribution in [-0.4, -0.2) is 26.4 Å². The molecule has 15 heavy (non-hydrogen) atoms. The molecule has 0 aliphatic rings. The Morgan fingerprint density at radius 2 is 2.40 bits per heavy atom. The molecule has 0 amide bonds. The molecule has 2 aromatic rings. The van der Waals surface area contributed by atoms with Gasteiger partial charge in [-0.05, 0) is 18.4 Å². The van der Waals surface area contributed by atoms with Crippen molar-refractivity contribution in [3.63, 3.8) is 0 Å². The highest BCUT2D eigenvalue weighted by Crippen LogP contribution is 2.21. The summed E-state index contributed by atoms with van der Waals surface area (Å²) in [6.07, 6.45) is -0.644. The monoisotopic (exact) mass is 224 g/mol. The van der Waals surface area contributed by atoms with E-state index < -0.39 is 12.1 Å². The Morgan fingerprint density at radius 1 is 1.60 bits per heavy atom. The molecule has 0 fully saturated rings. The fourth-order valence-electron chi connectivity index (χ4n) is 1.17. The first kappa shape index (κ1) is 10.3. The zero-order valence-corrected chi connectivity index (χ0v) is 9.03. The normalized spacial score (nSPS) is 15.1. The number of nitrogens with one attached hydrogen (secondary N) is 1. The summed E-state index contributed by atoms with van der Waals surface area (Å²) in [4.78, 5) is 5.21. The summed E-state index contributed by atoms with van der Waals surface area (Å²) >= 11 is 1.56. The van der Waals surface area contributed by atoms with Crippen LogP contribution in [0.2, 0.25) is 0 Å². The van der Waals surface area contributed by atoms with Gasteiger partial charge in [-0.25, -0.2) is 4.98 Å². The first-order valence-corrected chi connectivity index (χ1v) is 5.46. The van der Waals surface area contributed by atoms with E-state index >= 15 is 0 Å². The lowest BCUT2D eigenvalue weighted by molar-refractivity contribution is 0.161. The van der Waals surface area contributed by atoms with Gasteiger partial charge in [-0.3, -0.25) is 5.10 Å². The van der Waals surface area contributed by atoms with Crippen LogP contribution in [0.1, 0.15) is 18.8 Å². The van der Waals surface area contributed by atoms with Crippen LogP contribution in [0.3, 0.4) is 0 Å². The lowest BCUT2D eigenvalue weighted by atomic mass is 10.2. The summed E-state index contributed by atoms with van der Waals surface area (Å²) in [6.45, 7) is 1.62. The third-order valence-corrected chi connectivity index (χ3v) is 2.95. The van der Waals surface area contributed by atoms with Crippen LogP contribution >= 0.6 is 11.3 Å². The van der Waals surface area contributed by atoms with E-state index in [0.717, 1.165) is 4.88 Å². The summed E-state index contributed by atoms with van der Waals surface area (Å²) < 4.78 is 0. The highest BCUT2D eigenvalue weighted by molar-refractivity contribution is 7.13. The summed E-state index contributed by atoms with van der Waals surface area (Å²) in [6, 6.07) is 3.35. The Kier molecular flexibility index (Phi) is 2.81. The van der Waals surface area contributed by atoms with Crippen LogP contribution < -0.4 is 5.73 Å². The van der Waals surface area contributed by atoms with Crippen molar-refractivity contribution in [3.05, 3.63) is 23.3 Å². The molecule has 0 spiro atoms. The highest BCUT2D eigenvalue weighted by Gasteiger charge is 2.17. The molecule has 2 aromatic heterocycles. The predicted molar refractivity (Wildman–Crippen MR) is 58.3 cm³/mol. The minimum absolute atomic E-state index is 0.508. The minimum Gasteiger partial charge on any atom is -0.391 e. The molecule has 5 nitrogen and oxygen atoms in total. The molecule has 0 bridgehead atoms. The summed E-state index contributed by atoms with van der Waals surface area (Å²) in [7, 11) is 0. The van der Waals surface area contributed by atoms with Crippen LogP contribution in [0.15, 0.2) is 17.5 Å². The van der Waals surface area contributed by atoms with Gasteiger partial charge in [0.1, 0.15) is 5.82 Å². The number of aromatic nitrogens is 3. The molecule has 0 aromatic carbocycles. The lowest BCUT2D eigenvalue weighted by Gasteiger charge is -2.09. The van der Waals surface area contributed by atoms with Crippen LogP contribution in [0.4, 0.5) is 0 Å². The Labute approximate surface area is 91.0 Å². The molecule has 80 valence electrons. The molecule has 2 rings (SSSR count). The van der Waals surface area contributed by atoms with Crippen molar-refractivity contribution >= 4 is 11.3 Å². The average molecular weight is 224 g/mol. The van der Waals surface area contributed by atoms with Crippen LogP contribution in [0.5, 0.6) is 0 Å². The first-order chi connectivity index (χ1) is 7.18. The molecule has 2 atom stereocenters. The third kappa shape index (κ3) is 2.06. The number of aliphatic hydroxyl groups excluding tert-OH is 1. The van der Waals surface area contributed by atoms with E-state index in [4.69, 9.17) is 5.73 Å². The number of aliphatic hydroxyl groups is 1. The second-order valence-corrected chi connectivity index (χ2v) is 4.24. The van der Waals surface area contributed by atoms with Crippen molar-refractivity contribution in [2.24, 2.45) is 5.73 Å². The van der Waals surface area contributed by atoms with E-state index in [9.17, 15) is 5.11 Å². The smallest absolute Gasteiger partial charge is 0.191 e. The second-order valence-electron chi connectivity index (χ2n) is 3.29. The van der Waals surface area contributed by atoms with Gasteiger partial charge in [-0.1, -0.05) is 6.07 Å². The number of thiophene rings is 1. The van der Waals surface area contributed by atoms with E-state index in [0.29, 0.717) is 11.6 Å². The molecule has 4 N–H and O–H groups in total. The maximum Gasteiger partial charge on any atom is 0.191 e. The second kappa shape index (κ2) is 4.09. The van der Waals surface area contributed by atoms with Gasteiger partial charge in [0.25, 0.3) is 0 Å². The zero-order chi connectivity index (χ0) is 10.8. The van der Waals surface area contributed by atoms with Crippen molar-refractivity contribution < 1.29 is 5.11 Å². The lowest BCUT2D eigenvalue weighted by Crippen LogP contribution is -2.24. The van der Waals surface area contributed by atoms with Crippen molar-refractivity contribution in [2.75, 3.05) is 0 Å². The largest absolute Gasteiger partial charge is 0.391 e. The zero-order valence-electron chi connectivity index (χ0n) is 8.21. The van der Waals surface area contributed by atoms with Gasteiger partial charge in [0.2, 0.25) is 0 Å². The van der Waals surface area contributed by atoms with E-state index in [1.54, 1.807) is 18.3 Å². The Bertz CT molecular complexity index is 423. The molecular formula is C9H12N4OS. The average Bonchev–Trinajstić information content (AvgIpc) is 2.86. The third-order valence-electron chi connectivity index (χ3n) is 2.08.